The van der Waals surface area contributed by atoms with Gasteiger partial charge in [-0.1, -0.05) is 40.0 Å². The molecule has 2 heteroatoms. The zero-order valence-corrected chi connectivity index (χ0v) is 11.3. The van der Waals surface area contributed by atoms with Crippen molar-refractivity contribution in [2.75, 3.05) is 6.54 Å². The van der Waals surface area contributed by atoms with E-state index in [2.05, 4.69) is 25.7 Å². The fourth-order valence-corrected chi connectivity index (χ4v) is 2.92. The van der Waals surface area contributed by atoms with E-state index in [9.17, 15) is 5.11 Å². The van der Waals surface area contributed by atoms with E-state index in [4.69, 9.17) is 0 Å². The molecule has 0 aromatic heterocycles. The van der Waals surface area contributed by atoms with Crippen molar-refractivity contribution in [3.63, 3.8) is 0 Å². The predicted molar refractivity (Wildman–Crippen MR) is 69.3 cm³/mol. The van der Waals surface area contributed by atoms with E-state index in [1.54, 1.807) is 0 Å². The lowest BCUT2D eigenvalue weighted by Gasteiger charge is -2.35. The van der Waals surface area contributed by atoms with Crippen molar-refractivity contribution in [1.29, 1.82) is 0 Å². The minimum Gasteiger partial charge on any atom is -0.378 e. The molecule has 0 aliphatic heterocycles. The molecular formula is C14H29NO. The molecule has 1 aliphatic rings. The van der Waals surface area contributed by atoms with Gasteiger partial charge >= 0.3 is 0 Å². The van der Waals surface area contributed by atoms with E-state index in [-0.39, 0.29) is 6.23 Å². The molecule has 0 spiro atoms. The Kier molecular flexibility index (Phi) is 6.37. The van der Waals surface area contributed by atoms with Crippen LogP contribution in [-0.4, -0.2) is 28.8 Å². The Morgan fingerprint density at radius 3 is 2.50 bits per heavy atom. The summed E-state index contributed by atoms with van der Waals surface area (Å²) in [6.07, 6.45) is 8.19. The van der Waals surface area contributed by atoms with Crippen LogP contribution in [0, 0.1) is 5.92 Å². The Bertz CT molecular complexity index is 184. The second kappa shape index (κ2) is 7.29. The molecule has 1 rings (SSSR count). The lowest BCUT2D eigenvalue weighted by atomic mass is 10.0. The first-order chi connectivity index (χ1) is 7.70. The highest BCUT2D eigenvalue weighted by Crippen LogP contribution is 2.31. The summed E-state index contributed by atoms with van der Waals surface area (Å²) < 4.78 is 0. The van der Waals surface area contributed by atoms with Crippen molar-refractivity contribution in [2.45, 2.75) is 78.0 Å². The molecule has 0 heterocycles. The molecule has 96 valence electrons. The van der Waals surface area contributed by atoms with E-state index in [1.165, 1.54) is 32.1 Å². The molecular weight excluding hydrogens is 198 g/mol. The SMILES string of the molecule is CCCCN(C(O)CCC)C1CCCC1C. The van der Waals surface area contributed by atoms with Crippen LogP contribution in [0.4, 0.5) is 0 Å². The van der Waals surface area contributed by atoms with Gasteiger partial charge in [0, 0.05) is 12.6 Å². The Balaban J connectivity index is 2.54. The van der Waals surface area contributed by atoms with Gasteiger partial charge in [0.15, 0.2) is 0 Å². The molecule has 0 amide bonds. The number of aliphatic hydroxyl groups is 1. The third-order valence-electron chi connectivity index (χ3n) is 3.94. The monoisotopic (exact) mass is 227 g/mol. The maximum absolute atomic E-state index is 10.2. The van der Waals surface area contributed by atoms with Crippen molar-refractivity contribution < 1.29 is 5.11 Å². The highest BCUT2D eigenvalue weighted by Gasteiger charge is 2.31. The van der Waals surface area contributed by atoms with Gasteiger partial charge in [0.2, 0.25) is 0 Å². The Morgan fingerprint density at radius 2 is 2.00 bits per heavy atom. The first kappa shape index (κ1) is 14.0. The van der Waals surface area contributed by atoms with Crippen LogP contribution in [0.15, 0.2) is 0 Å². The molecule has 0 radical (unpaired) electrons. The van der Waals surface area contributed by atoms with Gasteiger partial charge in [-0.15, -0.1) is 0 Å². The summed E-state index contributed by atoms with van der Waals surface area (Å²) in [5.74, 6) is 0.767. The highest BCUT2D eigenvalue weighted by molar-refractivity contribution is 4.84. The van der Waals surface area contributed by atoms with Gasteiger partial charge in [-0.05, 0) is 31.6 Å². The predicted octanol–water partition coefficient (Wildman–Crippen LogP) is 3.40. The molecule has 3 unspecified atom stereocenters. The van der Waals surface area contributed by atoms with E-state index in [0.717, 1.165) is 25.3 Å². The smallest absolute Gasteiger partial charge is 0.107 e. The average Bonchev–Trinajstić information content (AvgIpc) is 2.66. The number of unbranched alkanes of at least 4 members (excludes halogenated alkanes) is 1. The normalized spacial score (nSPS) is 27.6. The Morgan fingerprint density at radius 1 is 1.25 bits per heavy atom. The molecule has 1 aliphatic carbocycles. The lowest BCUT2D eigenvalue weighted by Crippen LogP contribution is -2.45. The summed E-state index contributed by atoms with van der Waals surface area (Å²) in [7, 11) is 0. The first-order valence-corrected chi connectivity index (χ1v) is 7.14. The van der Waals surface area contributed by atoms with Crippen molar-refractivity contribution >= 4 is 0 Å². The number of rotatable bonds is 7. The quantitative estimate of drug-likeness (QED) is 0.674. The third kappa shape index (κ3) is 3.74. The van der Waals surface area contributed by atoms with Gasteiger partial charge in [-0.2, -0.15) is 0 Å². The lowest BCUT2D eigenvalue weighted by molar-refractivity contribution is -0.0394. The molecule has 16 heavy (non-hydrogen) atoms. The molecule has 3 atom stereocenters. The molecule has 0 aromatic carbocycles. The Labute approximate surface area is 101 Å². The van der Waals surface area contributed by atoms with Crippen LogP contribution in [0.1, 0.15) is 65.7 Å². The fourth-order valence-electron chi connectivity index (χ4n) is 2.92. The van der Waals surface area contributed by atoms with Crippen molar-refractivity contribution in [3.05, 3.63) is 0 Å². The van der Waals surface area contributed by atoms with Crippen LogP contribution in [0.25, 0.3) is 0 Å². The van der Waals surface area contributed by atoms with Crippen LogP contribution in [0.5, 0.6) is 0 Å². The van der Waals surface area contributed by atoms with Gasteiger partial charge < -0.3 is 5.11 Å². The summed E-state index contributed by atoms with van der Waals surface area (Å²) in [4.78, 5) is 2.38. The topological polar surface area (TPSA) is 23.5 Å². The number of hydrogen-bond acceptors (Lipinski definition) is 2. The van der Waals surface area contributed by atoms with Gasteiger partial charge in [0.1, 0.15) is 6.23 Å². The van der Waals surface area contributed by atoms with Crippen molar-refractivity contribution in [1.82, 2.24) is 4.90 Å². The number of aliphatic hydroxyl groups excluding tert-OH is 1. The largest absolute Gasteiger partial charge is 0.378 e. The molecule has 1 saturated carbocycles. The second-order valence-corrected chi connectivity index (χ2v) is 5.34. The van der Waals surface area contributed by atoms with Crippen LogP contribution < -0.4 is 0 Å². The molecule has 0 aromatic rings. The van der Waals surface area contributed by atoms with Crippen LogP contribution in [-0.2, 0) is 0 Å². The number of nitrogens with zero attached hydrogens (tertiary/aromatic N) is 1. The minimum absolute atomic E-state index is 0.206. The fraction of sp³-hybridized carbons (Fsp3) is 1.00. The van der Waals surface area contributed by atoms with Crippen LogP contribution >= 0.6 is 0 Å². The Hall–Kier alpha value is -0.0800. The summed E-state index contributed by atoms with van der Waals surface area (Å²) in [5.41, 5.74) is 0. The zero-order chi connectivity index (χ0) is 12.0. The van der Waals surface area contributed by atoms with E-state index in [0.29, 0.717) is 6.04 Å². The van der Waals surface area contributed by atoms with Gasteiger partial charge in [0.25, 0.3) is 0 Å². The molecule has 0 bridgehead atoms. The van der Waals surface area contributed by atoms with Gasteiger partial charge in [-0.3, -0.25) is 4.90 Å². The van der Waals surface area contributed by atoms with E-state index in [1.807, 2.05) is 0 Å². The summed E-state index contributed by atoms with van der Waals surface area (Å²) in [6, 6.07) is 0.632. The second-order valence-electron chi connectivity index (χ2n) is 5.34. The van der Waals surface area contributed by atoms with Gasteiger partial charge in [0.05, 0.1) is 0 Å². The maximum Gasteiger partial charge on any atom is 0.107 e. The van der Waals surface area contributed by atoms with Crippen molar-refractivity contribution in [2.24, 2.45) is 5.92 Å². The minimum atomic E-state index is -0.206. The first-order valence-electron chi connectivity index (χ1n) is 7.14. The molecule has 1 fully saturated rings. The average molecular weight is 227 g/mol. The summed E-state index contributed by atoms with van der Waals surface area (Å²) >= 11 is 0. The molecule has 2 nitrogen and oxygen atoms in total. The van der Waals surface area contributed by atoms with E-state index < -0.39 is 0 Å². The van der Waals surface area contributed by atoms with Crippen molar-refractivity contribution in [3.8, 4) is 0 Å². The maximum atomic E-state index is 10.2. The molecule has 0 saturated heterocycles. The molecule has 1 N–H and O–H groups in total. The third-order valence-corrected chi connectivity index (χ3v) is 3.94. The summed E-state index contributed by atoms with van der Waals surface area (Å²) in [6.45, 7) is 7.80. The van der Waals surface area contributed by atoms with Crippen LogP contribution in [0.2, 0.25) is 0 Å². The standard InChI is InChI=1S/C14H29NO/c1-4-6-11-15(14(16)8-5-2)13-10-7-9-12(13)3/h12-14,16H,4-11H2,1-3H3. The van der Waals surface area contributed by atoms with Crippen LogP contribution in [0.3, 0.4) is 0 Å². The number of hydrogen-bond donors (Lipinski definition) is 1. The highest BCUT2D eigenvalue weighted by atomic mass is 16.3. The van der Waals surface area contributed by atoms with E-state index >= 15 is 0 Å². The zero-order valence-electron chi connectivity index (χ0n) is 11.3. The van der Waals surface area contributed by atoms with Gasteiger partial charge in [-0.25, -0.2) is 0 Å². The summed E-state index contributed by atoms with van der Waals surface area (Å²) in [5, 5.41) is 10.2.